The number of aliphatic hydroxyl groups is 1. The molecule has 4 aromatic rings. The summed E-state index contributed by atoms with van der Waals surface area (Å²) in [5, 5.41) is 20.4. The Balaban J connectivity index is 1.60. The van der Waals surface area contributed by atoms with E-state index in [1.807, 2.05) is 30.3 Å². The van der Waals surface area contributed by atoms with E-state index in [1.165, 1.54) is 36.4 Å². The summed E-state index contributed by atoms with van der Waals surface area (Å²) in [6.07, 6.45) is -7.10. The number of amides is 1. The molecule has 0 radical (unpaired) electrons. The number of nitrogens with one attached hydrogen (secondary N) is 1. The summed E-state index contributed by atoms with van der Waals surface area (Å²) in [6, 6.07) is 26.5. The van der Waals surface area contributed by atoms with Crippen LogP contribution in [0.2, 0.25) is 0 Å². The quantitative estimate of drug-likeness (QED) is 0.178. The van der Waals surface area contributed by atoms with E-state index < -0.39 is 54.1 Å². The number of hydrogen-bond acceptors (Lipinski definition) is 6. The molecule has 2 atom stereocenters. The zero-order chi connectivity index (χ0) is 31.9. The van der Waals surface area contributed by atoms with E-state index in [9.17, 15) is 37.5 Å². The predicted octanol–water partition coefficient (Wildman–Crippen LogP) is 5.67. The molecule has 0 saturated carbocycles. The number of Topliss-reactive ketones (excluding diaryl/α,β-unsaturated/α-hetero) is 2. The molecule has 0 fully saturated rings. The van der Waals surface area contributed by atoms with E-state index >= 15 is 0 Å². The van der Waals surface area contributed by atoms with Crippen LogP contribution in [-0.4, -0.2) is 52.7 Å². The number of rotatable bonds is 12. The number of aliphatic carboxylic acids is 1. The molecule has 0 aromatic heterocycles. The van der Waals surface area contributed by atoms with Gasteiger partial charge in [-0.15, -0.1) is 13.2 Å². The van der Waals surface area contributed by atoms with Crippen LogP contribution in [-0.2, 0) is 4.79 Å². The SMILES string of the molecule is O=C(CC(C(=O)c1ccc(C(=O)NC[C@@H](O)C(=O)O)cc1)c1ccc(-c2ccccc2)cc1)c1cccc(OC(F)(F)F)c1. The van der Waals surface area contributed by atoms with Crippen LogP contribution >= 0.6 is 0 Å². The van der Waals surface area contributed by atoms with Gasteiger partial charge in [0, 0.05) is 23.1 Å². The van der Waals surface area contributed by atoms with Gasteiger partial charge in [-0.1, -0.05) is 78.9 Å². The summed E-state index contributed by atoms with van der Waals surface area (Å²) in [5.41, 5.74) is 2.49. The molecule has 1 amide bonds. The topological polar surface area (TPSA) is 130 Å². The van der Waals surface area contributed by atoms with Crippen molar-refractivity contribution < 1.29 is 47.3 Å². The highest BCUT2D eigenvalue weighted by atomic mass is 19.4. The van der Waals surface area contributed by atoms with Crippen LogP contribution in [0.3, 0.4) is 0 Å². The third-order valence-electron chi connectivity index (χ3n) is 6.69. The average molecular weight is 606 g/mol. The highest BCUT2D eigenvalue weighted by molar-refractivity contribution is 6.06. The van der Waals surface area contributed by atoms with Crippen LogP contribution in [0.15, 0.2) is 103 Å². The third kappa shape index (κ3) is 8.39. The molecule has 0 spiro atoms. The molecule has 4 aromatic carbocycles. The summed E-state index contributed by atoms with van der Waals surface area (Å²) in [6.45, 7) is -0.521. The lowest BCUT2D eigenvalue weighted by atomic mass is 9.84. The zero-order valence-corrected chi connectivity index (χ0v) is 23.0. The van der Waals surface area contributed by atoms with Crippen molar-refractivity contribution in [1.29, 1.82) is 0 Å². The van der Waals surface area contributed by atoms with Gasteiger partial charge < -0.3 is 20.3 Å². The number of halogens is 3. The highest BCUT2D eigenvalue weighted by Gasteiger charge is 2.32. The number of carbonyl (C=O) groups is 4. The molecule has 11 heteroatoms. The molecule has 0 aliphatic heterocycles. The monoisotopic (exact) mass is 605 g/mol. The molecule has 0 aliphatic carbocycles. The maximum absolute atomic E-state index is 13.8. The van der Waals surface area contributed by atoms with Gasteiger partial charge in [0.1, 0.15) is 5.75 Å². The number of benzene rings is 4. The van der Waals surface area contributed by atoms with Crippen LogP contribution in [0.1, 0.15) is 49.0 Å². The standard InChI is InChI=1S/C33H26F3NO7/c34-33(35,36)44-26-8-4-7-25(17-26)28(38)18-27(22-11-9-21(10-12-22)20-5-2-1-3-6-20)30(40)23-13-15-24(16-14-23)31(41)37-19-29(39)32(42)43/h1-17,27,29,39H,18-19H2,(H,37,41)(H,42,43)/t27?,29-/m1/s1. The van der Waals surface area contributed by atoms with Crippen molar-refractivity contribution in [2.75, 3.05) is 6.54 Å². The summed E-state index contributed by atoms with van der Waals surface area (Å²) < 4.78 is 42.1. The summed E-state index contributed by atoms with van der Waals surface area (Å²) in [7, 11) is 0. The van der Waals surface area contributed by atoms with Crippen LogP contribution < -0.4 is 10.1 Å². The number of carboxylic acid groups (broad SMARTS) is 1. The van der Waals surface area contributed by atoms with Crippen molar-refractivity contribution in [3.63, 3.8) is 0 Å². The molecule has 0 saturated heterocycles. The Bertz CT molecular complexity index is 1640. The van der Waals surface area contributed by atoms with Crippen LogP contribution in [0.25, 0.3) is 11.1 Å². The minimum atomic E-state index is -4.94. The zero-order valence-electron chi connectivity index (χ0n) is 23.0. The lowest BCUT2D eigenvalue weighted by Crippen LogP contribution is -2.36. The Morgan fingerprint density at radius 1 is 0.750 bits per heavy atom. The van der Waals surface area contributed by atoms with E-state index in [0.717, 1.165) is 23.3 Å². The Kier molecular flexibility index (Phi) is 9.92. The number of carboxylic acids is 1. The molecule has 44 heavy (non-hydrogen) atoms. The van der Waals surface area contributed by atoms with Gasteiger partial charge in [-0.2, -0.15) is 0 Å². The third-order valence-corrected chi connectivity index (χ3v) is 6.69. The first-order chi connectivity index (χ1) is 20.9. The molecular weight excluding hydrogens is 579 g/mol. The van der Waals surface area contributed by atoms with Crippen molar-refractivity contribution in [3.8, 4) is 16.9 Å². The second kappa shape index (κ2) is 13.8. The average Bonchev–Trinajstić information content (AvgIpc) is 3.01. The van der Waals surface area contributed by atoms with E-state index in [2.05, 4.69) is 10.1 Å². The molecule has 0 bridgehead atoms. The maximum atomic E-state index is 13.8. The minimum absolute atomic E-state index is 0.0685. The first-order valence-electron chi connectivity index (χ1n) is 13.3. The molecule has 226 valence electrons. The number of ether oxygens (including phenoxy) is 1. The Hall–Kier alpha value is -5.29. The Labute approximate surface area is 249 Å². The van der Waals surface area contributed by atoms with E-state index in [4.69, 9.17) is 5.11 Å². The molecular formula is C33H26F3NO7. The van der Waals surface area contributed by atoms with Gasteiger partial charge >= 0.3 is 12.3 Å². The van der Waals surface area contributed by atoms with Crippen molar-refractivity contribution in [1.82, 2.24) is 5.32 Å². The van der Waals surface area contributed by atoms with E-state index in [0.29, 0.717) is 5.56 Å². The predicted molar refractivity (Wildman–Crippen MR) is 153 cm³/mol. The number of hydrogen-bond donors (Lipinski definition) is 3. The van der Waals surface area contributed by atoms with Crippen molar-refractivity contribution in [2.45, 2.75) is 24.8 Å². The number of alkyl halides is 3. The van der Waals surface area contributed by atoms with Gasteiger partial charge in [0.25, 0.3) is 5.91 Å². The molecule has 8 nitrogen and oxygen atoms in total. The summed E-state index contributed by atoms with van der Waals surface area (Å²) in [5.74, 6) is -4.82. The fourth-order valence-corrected chi connectivity index (χ4v) is 4.44. The fourth-order valence-electron chi connectivity index (χ4n) is 4.44. The minimum Gasteiger partial charge on any atom is -0.479 e. The van der Waals surface area contributed by atoms with Gasteiger partial charge in [-0.3, -0.25) is 14.4 Å². The molecule has 1 unspecified atom stereocenters. The molecule has 4 rings (SSSR count). The van der Waals surface area contributed by atoms with Gasteiger partial charge in [-0.05, 0) is 41.0 Å². The van der Waals surface area contributed by atoms with Gasteiger partial charge in [0.2, 0.25) is 0 Å². The van der Waals surface area contributed by atoms with Crippen molar-refractivity contribution in [3.05, 3.63) is 125 Å². The van der Waals surface area contributed by atoms with Crippen molar-refractivity contribution in [2.24, 2.45) is 0 Å². The Morgan fingerprint density at radius 3 is 1.98 bits per heavy atom. The van der Waals surface area contributed by atoms with Crippen LogP contribution in [0.5, 0.6) is 5.75 Å². The van der Waals surface area contributed by atoms with Gasteiger partial charge in [0.05, 0.1) is 12.5 Å². The number of aliphatic hydroxyl groups excluding tert-OH is 1. The molecule has 0 aliphatic rings. The van der Waals surface area contributed by atoms with Crippen LogP contribution in [0.4, 0.5) is 13.2 Å². The largest absolute Gasteiger partial charge is 0.573 e. The molecule has 0 heterocycles. The van der Waals surface area contributed by atoms with Crippen molar-refractivity contribution >= 4 is 23.4 Å². The number of ketones is 2. The summed E-state index contributed by atoms with van der Waals surface area (Å²) in [4.78, 5) is 50.2. The number of carbonyl (C=O) groups excluding carboxylic acids is 3. The Morgan fingerprint density at radius 2 is 1.36 bits per heavy atom. The second-order valence-electron chi connectivity index (χ2n) is 9.75. The van der Waals surface area contributed by atoms with Crippen LogP contribution in [0, 0.1) is 0 Å². The lowest BCUT2D eigenvalue weighted by molar-refractivity contribution is -0.274. The smallest absolute Gasteiger partial charge is 0.479 e. The molecule has 3 N–H and O–H groups in total. The van der Waals surface area contributed by atoms with Gasteiger partial charge in [-0.25, -0.2) is 4.79 Å². The first kappa shape index (κ1) is 31.6. The first-order valence-corrected chi connectivity index (χ1v) is 13.3. The normalized spacial score (nSPS) is 12.5. The van der Waals surface area contributed by atoms with E-state index in [-0.39, 0.29) is 23.1 Å². The lowest BCUT2D eigenvalue weighted by Gasteiger charge is -2.17. The maximum Gasteiger partial charge on any atom is 0.573 e. The fraction of sp³-hybridized carbons (Fsp3) is 0.152. The summed E-state index contributed by atoms with van der Waals surface area (Å²) >= 11 is 0. The second-order valence-corrected chi connectivity index (χ2v) is 9.75. The van der Waals surface area contributed by atoms with Gasteiger partial charge in [0.15, 0.2) is 17.7 Å². The van der Waals surface area contributed by atoms with E-state index in [1.54, 1.807) is 24.3 Å². The highest BCUT2D eigenvalue weighted by Crippen LogP contribution is 2.30.